The molecule has 0 unspecified atom stereocenters. The van der Waals surface area contributed by atoms with E-state index in [0.29, 0.717) is 12.5 Å². The van der Waals surface area contributed by atoms with E-state index in [9.17, 15) is 4.79 Å². The van der Waals surface area contributed by atoms with Crippen LogP contribution in [0.15, 0.2) is 30.3 Å². The summed E-state index contributed by atoms with van der Waals surface area (Å²) in [4.78, 5) is 17.1. The van der Waals surface area contributed by atoms with Crippen molar-refractivity contribution in [3.8, 4) is 0 Å². The third-order valence-electron chi connectivity index (χ3n) is 4.70. The highest BCUT2D eigenvalue weighted by molar-refractivity contribution is 6.17. The summed E-state index contributed by atoms with van der Waals surface area (Å²) in [5, 5.41) is 3.03. The Kier molecular flexibility index (Phi) is 4.36. The molecule has 0 radical (unpaired) electrons. The Labute approximate surface area is 131 Å². The number of halogens is 1. The van der Waals surface area contributed by atoms with Crippen molar-refractivity contribution >= 4 is 23.2 Å². The summed E-state index contributed by atoms with van der Waals surface area (Å²) in [7, 11) is 0. The summed E-state index contributed by atoms with van der Waals surface area (Å²) in [6.07, 6.45) is 2.79. The number of anilines is 1. The molecule has 0 aliphatic carbocycles. The molecule has 5 heteroatoms. The molecule has 4 nitrogen and oxygen atoms in total. The molecular formula is C16H22ClN3O. The Morgan fingerprint density at radius 3 is 2.57 bits per heavy atom. The van der Waals surface area contributed by atoms with Crippen molar-refractivity contribution < 1.29 is 4.79 Å². The van der Waals surface area contributed by atoms with Crippen molar-refractivity contribution in [1.82, 2.24) is 10.2 Å². The average Bonchev–Trinajstić information content (AvgIpc) is 2.85. The van der Waals surface area contributed by atoms with E-state index in [-0.39, 0.29) is 11.4 Å². The van der Waals surface area contributed by atoms with Crippen LogP contribution in [0.5, 0.6) is 0 Å². The third-order valence-corrected chi connectivity index (χ3v) is 4.96. The third kappa shape index (κ3) is 2.74. The maximum absolute atomic E-state index is 12.5. The predicted molar refractivity (Wildman–Crippen MR) is 85.7 cm³/mol. The van der Waals surface area contributed by atoms with Crippen LogP contribution < -0.4 is 10.2 Å². The van der Waals surface area contributed by atoms with Gasteiger partial charge in [0.1, 0.15) is 5.54 Å². The van der Waals surface area contributed by atoms with Gasteiger partial charge in [-0.3, -0.25) is 4.79 Å². The SMILES string of the molecule is O=C1NCN(c2ccccc2)C12CCN(CCCCl)CC2. The molecule has 2 aliphatic heterocycles. The number of piperidine rings is 1. The first-order valence-electron chi connectivity index (χ1n) is 7.65. The van der Waals surface area contributed by atoms with Gasteiger partial charge in [0.2, 0.25) is 5.91 Å². The van der Waals surface area contributed by atoms with Crippen LogP contribution >= 0.6 is 11.6 Å². The van der Waals surface area contributed by atoms with Crippen molar-refractivity contribution in [3.63, 3.8) is 0 Å². The van der Waals surface area contributed by atoms with E-state index in [1.54, 1.807) is 0 Å². The van der Waals surface area contributed by atoms with Crippen LogP contribution in [-0.4, -0.2) is 48.5 Å². The maximum atomic E-state index is 12.5. The molecule has 2 fully saturated rings. The van der Waals surface area contributed by atoms with E-state index >= 15 is 0 Å². The summed E-state index contributed by atoms with van der Waals surface area (Å²) >= 11 is 5.77. The second-order valence-corrected chi connectivity index (χ2v) is 6.22. The monoisotopic (exact) mass is 307 g/mol. The molecule has 3 rings (SSSR count). The van der Waals surface area contributed by atoms with Crippen LogP contribution in [0.2, 0.25) is 0 Å². The van der Waals surface area contributed by atoms with E-state index in [2.05, 4.69) is 27.2 Å². The molecule has 1 aromatic carbocycles. The minimum atomic E-state index is -0.362. The standard InChI is InChI=1S/C16H22ClN3O/c17-9-4-10-19-11-7-16(8-12-19)15(21)18-13-20(16)14-5-2-1-3-6-14/h1-3,5-6H,4,7-13H2,(H,18,21). The van der Waals surface area contributed by atoms with Gasteiger partial charge in [0, 0.05) is 24.7 Å². The van der Waals surface area contributed by atoms with Crippen molar-refractivity contribution in [1.29, 1.82) is 0 Å². The molecule has 114 valence electrons. The summed E-state index contributed by atoms with van der Waals surface area (Å²) < 4.78 is 0. The van der Waals surface area contributed by atoms with Crippen LogP contribution in [0.4, 0.5) is 5.69 Å². The number of hydrogen-bond acceptors (Lipinski definition) is 3. The van der Waals surface area contributed by atoms with Gasteiger partial charge >= 0.3 is 0 Å². The second-order valence-electron chi connectivity index (χ2n) is 5.84. The quantitative estimate of drug-likeness (QED) is 0.865. The van der Waals surface area contributed by atoms with Crippen LogP contribution in [0.1, 0.15) is 19.3 Å². The second kappa shape index (κ2) is 6.24. The smallest absolute Gasteiger partial charge is 0.247 e. The molecular weight excluding hydrogens is 286 g/mol. The maximum Gasteiger partial charge on any atom is 0.247 e. The number of carbonyl (C=O) groups excluding carboxylic acids is 1. The fourth-order valence-corrected chi connectivity index (χ4v) is 3.58. The van der Waals surface area contributed by atoms with Crippen LogP contribution in [0.25, 0.3) is 0 Å². The number of benzene rings is 1. The fourth-order valence-electron chi connectivity index (χ4n) is 3.46. The Morgan fingerprint density at radius 1 is 1.19 bits per heavy atom. The van der Waals surface area contributed by atoms with Crippen LogP contribution in [0, 0.1) is 0 Å². The highest BCUT2D eigenvalue weighted by Crippen LogP contribution is 2.36. The molecule has 2 aliphatic rings. The van der Waals surface area contributed by atoms with Gasteiger partial charge < -0.3 is 15.1 Å². The van der Waals surface area contributed by atoms with Crippen molar-refractivity contribution in [2.24, 2.45) is 0 Å². The van der Waals surface area contributed by atoms with Crippen LogP contribution in [0.3, 0.4) is 0 Å². The van der Waals surface area contributed by atoms with Gasteiger partial charge in [0.15, 0.2) is 0 Å². The van der Waals surface area contributed by atoms with Gasteiger partial charge in [-0.05, 0) is 37.9 Å². The molecule has 0 aromatic heterocycles. The normalized spacial score (nSPS) is 21.8. The minimum absolute atomic E-state index is 0.184. The molecule has 2 heterocycles. The highest BCUT2D eigenvalue weighted by atomic mass is 35.5. The van der Waals surface area contributed by atoms with Gasteiger partial charge in [-0.2, -0.15) is 0 Å². The number of likely N-dealkylation sites (tertiary alicyclic amines) is 1. The molecule has 1 spiro atoms. The number of amides is 1. The number of nitrogens with zero attached hydrogens (tertiary/aromatic N) is 2. The summed E-state index contributed by atoms with van der Waals surface area (Å²) in [6, 6.07) is 10.2. The lowest BCUT2D eigenvalue weighted by atomic mass is 9.85. The van der Waals surface area contributed by atoms with E-state index in [0.717, 1.165) is 44.6 Å². The first-order valence-corrected chi connectivity index (χ1v) is 8.19. The number of rotatable bonds is 4. The number of hydrogen-bond donors (Lipinski definition) is 1. The minimum Gasteiger partial charge on any atom is -0.339 e. The van der Waals surface area contributed by atoms with Gasteiger partial charge in [0.05, 0.1) is 6.67 Å². The lowest BCUT2D eigenvalue weighted by Crippen LogP contribution is -2.56. The fraction of sp³-hybridized carbons (Fsp3) is 0.562. The predicted octanol–water partition coefficient (Wildman–Crippen LogP) is 2.04. The first-order chi connectivity index (χ1) is 10.3. The number of para-hydroxylation sites is 1. The van der Waals surface area contributed by atoms with Gasteiger partial charge in [-0.15, -0.1) is 11.6 Å². The topological polar surface area (TPSA) is 35.6 Å². The molecule has 0 atom stereocenters. The van der Waals surface area contributed by atoms with Crippen LogP contribution in [-0.2, 0) is 4.79 Å². The number of nitrogens with one attached hydrogen (secondary N) is 1. The molecule has 1 aromatic rings. The molecule has 0 bridgehead atoms. The van der Waals surface area contributed by atoms with E-state index in [1.165, 1.54) is 0 Å². The molecule has 0 saturated carbocycles. The highest BCUT2D eigenvalue weighted by Gasteiger charge is 2.50. The van der Waals surface area contributed by atoms with Gasteiger partial charge in [-0.1, -0.05) is 18.2 Å². The summed E-state index contributed by atoms with van der Waals surface area (Å²) in [6.45, 7) is 3.58. The first kappa shape index (κ1) is 14.7. The van der Waals surface area contributed by atoms with Crippen molar-refractivity contribution in [2.75, 3.05) is 37.1 Å². The largest absolute Gasteiger partial charge is 0.339 e. The van der Waals surface area contributed by atoms with Gasteiger partial charge in [-0.25, -0.2) is 0 Å². The lowest BCUT2D eigenvalue weighted by Gasteiger charge is -2.43. The Morgan fingerprint density at radius 2 is 1.90 bits per heavy atom. The zero-order chi connectivity index (χ0) is 14.7. The van der Waals surface area contributed by atoms with E-state index in [4.69, 9.17) is 11.6 Å². The van der Waals surface area contributed by atoms with E-state index in [1.807, 2.05) is 18.2 Å². The van der Waals surface area contributed by atoms with Gasteiger partial charge in [0.25, 0.3) is 0 Å². The Bertz CT molecular complexity index is 486. The zero-order valence-electron chi connectivity index (χ0n) is 12.2. The summed E-state index contributed by atoms with van der Waals surface area (Å²) in [5.41, 5.74) is 0.767. The number of carbonyl (C=O) groups is 1. The van der Waals surface area contributed by atoms with E-state index < -0.39 is 0 Å². The van der Waals surface area contributed by atoms with Crippen molar-refractivity contribution in [2.45, 2.75) is 24.8 Å². The molecule has 21 heavy (non-hydrogen) atoms. The lowest BCUT2D eigenvalue weighted by molar-refractivity contribution is -0.125. The number of alkyl halides is 1. The average molecular weight is 308 g/mol. The molecule has 1 N–H and O–H groups in total. The summed E-state index contributed by atoms with van der Waals surface area (Å²) in [5.74, 6) is 0.890. The zero-order valence-corrected chi connectivity index (χ0v) is 13.0. The Balaban J connectivity index is 1.74. The Hall–Kier alpha value is -1.26. The molecule has 2 saturated heterocycles. The van der Waals surface area contributed by atoms with Crippen molar-refractivity contribution in [3.05, 3.63) is 30.3 Å². The molecule has 1 amide bonds.